The van der Waals surface area contributed by atoms with Crippen LogP contribution < -0.4 is 4.72 Å². The molecule has 7 heteroatoms. The highest BCUT2D eigenvalue weighted by Gasteiger charge is 2.13. The SMILES string of the molecule is COC(=O)CCS(=O)(=O)NCc1cccc(Br)c1. The average Bonchev–Trinajstić information content (AvgIpc) is 2.34. The van der Waals surface area contributed by atoms with Crippen LogP contribution in [0.5, 0.6) is 0 Å². The molecule has 0 fully saturated rings. The van der Waals surface area contributed by atoms with Gasteiger partial charge in [0.1, 0.15) is 0 Å². The molecule has 5 nitrogen and oxygen atoms in total. The summed E-state index contributed by atoms with van der Waals surface area (Å²) in [5.74, 6) is -0.809. The largest absolute Gasteiger partial charge is 0.469 e. The van der Waals surface area contributed by atoms with Gasteiger partial charge < -0.3 is 4.74 Å². The quantitative estimate of drug-likeness (QED) is 0.798. The zero-order chi connectivity index (χ0) is 13.6. The van der Waals surface area contributed by atoms with Crippen molar-refractivity contribution in [3.05, 3.63) is 34.3 Å². The van der Waals surface area contributed by atoms with E-state index in [1.54, 1.807) is 0 Å². The first kappa shape index (κ1) is 15.1. The Morgan fingerprint density at radius 3 is 2.78 bits per heavy atom. The van der Waals surface area contributed by atoms with E-state index in [0.717, 1.165) is 10.0 Å². The Hall–Kier alpha value is -0.920. The lowest BCUT2D eigenvalue weighted by Crippen LogP contribution is -2.27. The molecule has 0 bridgehead atoms. The number of esters is 1. The molecule has 100 valence electrons. The van der Waals surface area contributed by atoms with E-state index >= 15 is 0 Å². The minimum atomic E-state index is -3.46. The average molecular weight is 336 g/mol. The van der Waals surface area contributed by atoms with Crippen LogP contribution in [0.25, 0.3) is 0 Å². The van der Waals surface area contributed by atoms with E-state index < -0.39 is 16.0 Å². The molecule has 0 aliphatic rings. The zero-order valence-electron chi connectivity index (χ0n) is 9.85. The molecule has 0 saturated heterocycles. The fraction of sp³-hybridized carbons (Fsp3) is 0.364. The summed E-state index contributed by atoms with van der Waals surface area (Å²) in [6, 6.07) is 7.31. The third kappa shape index (κ3) is 5.61. The molecule has 0 heterocycles. The van der Waals surface area contributed by atoms with Gasteiger partial charge in [-0.2, -0.15) is 0 Å². The van der Waals surface area contributed by atoms with Gasteiger partial charge in [0.15, 0.2) is 0 Å². The molecule has 0 spiro atoms. The Labute approximate surface area is 115 Å². The van der Waals surface area contributed by atoms with Gasteiger partial charge in [-0.15, -0.1) is 0 Å². The third-order valence-corrected chi connectivity index (χ3v) is 4.01. The number of carbonyl (C=O) groups excluding carboxylic acids is 1. The molecule has 1 rings (SSSR count). The van der Waals surface area contributed by atoms with Gasteiger partial charge in [-0.1, -0.05) is 28.1 Å². The van der Waals surface area contributed by atoms with Crippen LogP contribution in [0, 0.1) is 0 Å². The summed E-state index contributed by atoms with van der Waals surface area (Å²) in [6.07, 6.45) is -0.148. The monoisotopic (exact) mass is 335 g/mol. The number of rotatable bonds is 6. The Morgan fingerprint density at radius 1 is 1.44 bits per heavy atom. The lowest BCUT2D eigenvalue weighted by molar-refractivity contribution is -0.140. The van der Waals surface area contributed by atoms with Crippen molar-refractivity contribution in [3.63, 3.8) is 0 Å². The Kier molecular flexibility index (Phi) is 5.77. The van der Waals surface area contributed by atoms with Crippen molar-refractivity contribution in [2.75, 3.05) is 12.9 Å². The van der Waals surface area contributed by atoms with Gasteiger partial charge in [0.2, 0.25) is 10.0 Å². The van der Waals surface area contributed by atoms with Gasteiger partial charge in [0, 0.05) is 11.0 Å². The van der Waals surface area contributed by atoms with Crippen molar-refractivity contribution < 1.29 is 17.9 Å². The molecular weight excluding hydrogens is 322 g/mol. The van der Waals surface area contributed by atoms with E-state index in [4.69, 9.17) is 0 Å². The van der Waals surface area contributed by atoms with Crippen LogP contribution >= 0.6 is 15.9 Å². The van der Waals surface area contributed by atoms with Gasteiger partial charge in [-0.25, -0.2) is 13.1 Å². The minimum absolute atomic E-state index is 0.148. The van der Waals surface area contributed by atoms with Crippen molar-refractivity contribution in [1.82, 2.24) is 4.72 Å². The normalized spacial score (nSPS) is 11.2. The number of sulfonamides is 1. The lowest BCUT2D eigenvalue weighted by Gasteiger charge is -2.06. The zero-order valence-corrected chi connectivity index (χ0v) is 12.3. The lowest BCUT2D eigenvalue weighted by atomic mass is 10.2. The van der Waals surface area contributed by atoms with E-state index in [9.17, 15) is 13.2 Å². The van der Waals surface area contributed by atoms with Crippen LogP contribution in [0.2, 0.25) is 0 Å². The molecule has 1 aromatic rings. The number of carbonyl (C=O) groups is 1. The van der Waals surface area contributed by atoms with Crippen LogP contribution in [0.3, 0.4) is 0 Å². The standard InChI is InChI=1S/C11H14BrNO4S/c1-17-11(14)5-6-18(15,16)13-8-9-3-2-4-10(12)7-9/h2-4,7,13H,5-6,8H2,1H3. The highest BCUT2D eigenvalue weighted by Crippen LogP contribution is 2.11. The Balaban J connectivity index is 2.49. The predicted molar refractivity (Wildman–Crippen MR) is 71.4 cm³/mol. The smallest absolute Gasteiger partial charge is 0.306 e. The molecule has 1 N–H and O–H groups in total. The van der Waals surface area contributed by atoms with E-state index in [1.807, 2.05) is 24.3 Å². The van der Waals surface area contributed by atoms with E-state index in [1.165, 1.54) is 7.11 Å². The molecule has 0 amide bonds. The van der Waals surface area contributed by atoms with Gasteiger partial charge in [0.05, 0.1) is 19.3 Å². The first-order valence-corrected chi connectivity index (χ1v) is 7.66. The van der Waals surface area contributed by atoms with Gasteiger partial charge in [-0.3, -0.25) is 4.79 Å². The molecule has 1 aromatic carbocycles. The number of halogens is 1. The summed E-state index contributed by atoms with van der Waals surface area (Å²) in [5, 5.41) is 0. The summed E-state index contributed by atoms with van der Waals surface area (Å²) >= 11 is 3.30. The second-order valence-electron chi connectivity index (χ2n) is 3.60. The topological polar surface area (TPSA) is 72.5 Å². The second kappa shape index (κ2) is 6.86. The summed E-state index contributed by atoms with van der Waals surface area (Å²) < 4.78 is 30.9. The van der Waals surface area contributed by atoms with Crippen LogP contribution in [0.15, 0.2) is 28.7 Å². The van der Waals surface area contributed by atoms with E-state index in [0.29, 0.717) is 0 Å². The number of hydrogen-bond acceptors (Lipinski definition) is 4. The van der Waals surface area contributed by atoms with E-state index in [-0.39, 0.29) is 18.7 Å². The molecule has 0 aliphatic carbocycles. The maximum atomic E-state index is 11.6. The summed E-state index contributed by atoms with van der Waals surface area (Å²) in [7, 11) is -2.24. The number of hydrogen-bond donors (Lipinski definition) is 1. The highest BCUT2D eigenvalue weighted by atomic mass is 79.9. The van der Waals surface area contributed by atoms with Crippen molar-refractivity contribution in [2.45, 2.75) is 13.0 Å². The van der Waals surface area contributed by atoms with Crippen molar-refractivity contribution >= 4 is 31.9 Å². The number of ether oxygens (including phenoxy) is 1. The molecule has 0 unspecified atom stereocenters. The Bertz CT molecular complexity index is 516. The molecule has 0 aliphatic heterocycles. The fourth-order valence-corrected chi connectivity index (χ4v) is 2.65. The van der Waals surface area contributed by atoms with Crippen LogP contribution in [-0.4, -0.2) is 27.2 Å². The van der Waals surface area contributed by atoms with Crippen LogP contribution in [0.4, 0.5) is 0 Å². The Morgan fingerprint density at radius 2 is 2.17 bits per heavy atom. The predicted octanol–water partition coefficient (Wildman–Crippen LogP) is 1.43. The van der Waals surface area contributed by atoms with Gasteiger partial charge in [0.25, 0.3) is 0 Å². The van der Waals surface area contributed by atoms with Crippen LogP contribution in [0.1, 0.15) is 12.0 Å². The first-order valence-electron chi connectivity index (χ1n) is 5.21. The fourth-order valence-electron chi connectivity index (χ4n) is 1.23. The molecule has 0 radical (unpaired) electrons. The summed E-state index contributed by atoms with van der Waals surface area (Å²) in [5.41, 5.74) is 0.839. The van der Waals surface area contributed by atoms with Crippen molar-refractivity contribution in [2.24, 2.45) is 0 Å². The highest BCUT2D eigenvalue weighted by molar-refractivity contribution is 9.10. The second-order valence-corrected chi connectivity index (χ2v) is 6.44. The van der Waals surface area contributed by atoms with E-state index in [2.05, 4.69) is 25.4 Å². The number of methoxy groups -OCH3 is 1. The molecular formula is C11H14BrNO4S. The summed E-state index contributed by atoms with van der Waals surface area (Å²) in [6.45, 7) is 0.197. The minimum Gasteiger partial charge on any atom is -0.469 e. The van der Waals surface area contributed by atoms with Gasteiger partial charge in [-0.05, 0) is 17.7 Å². The maximum Gasteiger partial charge on any atom is 0.306 e. The van der Waals surface area contributed by atoms with Crippen LogP contribution in [-0.2, 0) is 26.1 Å². The van der Waals surface area contributed by atoms with Gasteiger partial charge >= 0.3 is 5.97 Å². The molecule has 0 saturated carbocycles. The molecule has 18 heavy (non-hydrogen) atoms. The number of nitrogens with one attached hydrogen (secondary N) is 1. The third-order valence-electron chi connectivity index (χ3n) is 2.19. The molecule has 0 atom stereocenters. The summed E-state index contributed by atoms with van der Waals surface area (Å²) in [4.78, 5) is 10.9. The van der Waals surface area contributed by atoms with Crippen molar-refractivity contribution in [3.8, 4) is 0 Å². The van der Waals surface area contributed by atoms with Crippen molar-refractivity contribution in [1.29, 1.82) is 0 Å². The number of benzene rings is 1. The first-order chi connectivity index (χ1) is 8.43. The maximum absolute atomic E-state index is 11.6. The molecule has 0 aromatic heterocycles.